The lowest BCUT2D eigenvalue weighted by Gasteiger charge is -2.17. The van der Waals surface area contributed by atoms with Gasteiger partial charge < -0.3 is 16.0 Å². The van der Waals surface area contributed by atoms with Gasteiger partial charge in [-0.25, -0.2) is 4.98 Å². The number of hydrogen-bond donors (Lipinski definition) is 2. The number of carbonyl (C=O) groups is 1. The van der Waals surface area contributed by atoms with Crippen LogP contribution in [0.25, 0.3) is 0 Å². The third-order valence-corrected chi connectivity index (χ3v) is 3.86. The second kappa shape index (κ2) is 7.19. The van der Waals surface area contributed by atoms with Crippen LogP contribution in [0.1, 0.15) is 24.3 Å². The summed E-state index contributed by atoms with van der Waals surface area (Å²) < 4.78 is 1.82. The van der Waals surface area contributed by atoms with Gasteiger partial charge in [-0.1, -0.05) is 13.8 Å². The molecule has 7 nitrogen and oxygen atoms in total. The summed E-state index contributed by atoms with van der Waals surface area (Å²) in [7, 11) is 0. The Morgan fingerprint density at radius 2 is 2.24 bits per heavy atom. The highest BCUT2D eigenvalue weighted by Crippen LogP contribution is 2.13. The molecule has 3 N–H and O–H groups in total. The van der Waals surface area contributed by atoms with Crippen LogP contribution in [-0.4, -0.2) is 45.2 Å². The zero-order chi connectivity index (χ0) is 15.2. The number of nitrogens with zero attached hydrogens (tertiary/aromatic N) is 4. The monoisotopic (exact) mass is 308 g/mol. The van der Waals surface area contributed by atoms with Gasteiger partial charge >= 0.3 is 0 Å². The number of hydrogen-bond acceptors (Lipinski definition) is 6. The zero-order valence-corrected chi connectivity index (χ0v) is 13.1. The Kier molecular flexibility index (Phi) is 5.29. The minimum atomic E-state index is -0.272. The predicted octanol–water partition coefficient (Wildman–Crippen LogP) is 1.52. The number of aromatic nitrogens is 3. The topological polar surface area (TPSA) is 89.1 Å². The second-order valence-electron chi connectivity index (χ2n) is 4.54. The number of amides is 1. The maximum atomic E-state index is 11.9. The van der Waals surface area contributed by atoms with E-state index >= 15 is 0 Å². The molecule has 2 rings (SSSR count). The van der Waals surface area contributed by atoms with Crippen molar-refractivity contribution < 1.29 is 4.79 Å². The molecule has 0 saturated heterocycles. The summed E-state index contributed by atoms with van der Waals surface area (Å²) in [5, 5.41) is 9.02. The van der Waals surface area contributed by atoms with Crippen molar-refractivity contribution in [1.29, 1.82) is 0 Å². The first-order valence-corrected chi connectivity index (χ1v) is 7.77. The first-order valence-electron chi connectivity index (χ1n) is 6.89. The molecule has 0 aliphatic carbocycles. The largest absolute Gasteiger partial charge is 0.375 e. The van der Waals surface area contributed by atoms with Crippen LogP contribution in [0, 0.1) is 0 Å². The van der Waals surface area contributed by atoms with E-state index < -0.39 is 0 Å². The van der Waals surface area contributed by atoms with Crippen LogP contribution in [0.2, 0.25) is 0 Å². The van der Waals surface area contributed by atoms with E-state index in [1.165, 1.54) is 11.3 Å². The molecular weight excluding hydrogens is 288 g/mol. The van der Waals surface area contributed by atoms with Crippen molar-refractivity contribution >= 4 is 28.1 Å². The number of nitrogen functional groups attached to an aromatic ring is 1. The summed E-state index contributed by atoms with van der Waals surface area (Å²) in [6.07, 6.45) is 3.45. The average Bonchev–Trinajstić information content (AvgIpc) is 3.09. The Hall–Kier alpha value is -1.93. The smallest absolute Gasteiger partial charge is 0.275 e. The highest BCUT2D eigenvalue weighted by molar-refractivity contribution is 7.13. The maximum absolute atomic E-state index is 11.9. The number of nitrogens with one attached hydrogen (secondary N) is 1. The lowest BCUT2D eigenvalue weighted by Crippen LogP contribution is -2.27. The Bertz CT molecular complexity index is 589. The van der Waals surface area contributed by atoms with Crippen molar-refractivity contribution in [3.63, 3.8) is 0 Å². The quantitative estimate of drug-likeness (QED) is 0.809. The fraction of sp³-hybridized carbons (Fsp3) is 0.462. The number of likely N-dealkylation sites (N-methyl/N-ethyl adjacent to an activating group) is 1. The van der Waals surface area contributed by atoms with E-state index in [1.54, 1.807) is 11.6 Å². The number of anilines is 2. The van der Waals surface area contributed by atoms with E-state index in [1.807, 2.05) is 10.9 Å². The second-order valence-corrected chi connectivity index (χ2v) is 5.43. The summed E-state index contributed by atoms with van der Waals surface area (Å²) >= 11 is 1.24. The summed E-state index contributed by atoms with van der Waals surface area (Å²) in [6, 6.07) is 0. The van der Waals surface area contributed by atoms with Gasteiger partial charge in [0, 0.05) is 18.1 Å². The standard InChI is InChI=1S/C13H20N6OS/c1-3-18(4-2)5-6-19-8-10(7-15-19)16-12(20)11-9-21-13(14)17-11/h7-9H,3-6H2,1-2H3,(H2,14,17)(H,16,20). The molecule has 0 saturated carbocycles. The van der Waals surface area contributed by atoms with Gasteiger partial charge in [-0.2, -0.15) is 5.10 Å². The van der Waals surface area contributed by atoms with E-state index in [-0.39, 0.29) is 5.91 Å². The Morgan fingerprint density at radius 3 is 2.86 bits per heavy atom. The van der Waals surface area contributed by atoms with Crippen molar-refractivity contribution in [1.82, 2.24) is 19.7 Å². The van der Waals surface area contributed by atoms with Crippen molar-refractivity contribution in [3.05, 3.63) is 23.5 Å². The van der Waals surface area contributed by atoms with Gasteiger partial charge in [-0.05, 0) is 13.1 Å². The molecule has 2 aromatic heterocycles. The van der Waals surface area contributed by atoms with E-state index in [0.29, 0.717) is 16.5 Å². The van der Waals surface area contributed by atoms with Crippen molar-refractivity contribution in [2.75, 3.05) is 30.7 Å². The molecule has 0 spiro atoms. The van der Waals surface area contributed by atoms with Crippen LogP contribution in [0.3, 0.4) is 0 Å². The number of nitrogens with two attached hydrogens (primary N) is 1. The van der Waals surface area contributed by atoms with Crippen LogP contribution >= 0.6 is 11.3 Å². The molecule has 21 heavy (non-hydrogen) atoms. The van der Waals surface area contributed by atoms with E-state index in [2.05, 4.69) is 34.1 Å². The van der Waals surface area contributed by atoms with Crippen LogP contribution in [0.15, 0.2) is 17.8 Å². The Morgan fingerprint density at radius 1 is 1.48 bits per heavy atom. The molecule has 8 heteroatoms. The van der Waals surface area contributed by atoms with Crippen LogP contribution in [-0.2, 0) is 6.54 Å². The number of rotatable bonds is 7. The van der Waals surface area contributed by atoms with E-state index in [0.717, 1.165) is 26.2 Å². The fourth-order valence-electron chi connectivity index (χ4n) is 1.92. The summed E-state index contributed by atoms with van der Waals surface area (Å²) in [5.41, 5.74) is 6.50. The van der Waals surface area contributed by atoms with Gasteiger partial charge in [0.05, 0.1) is 18.4 Å². The first kappa shape index (κ1) is 15.5. The molecule has 0 aliphatic heterocycles. The van der Waals surface area contributed by atoms with Crippen molar-refractivity contribution in [2.24, 2.45) is 0 Å². The summed E-state index contributed by atoms with van der Waals surface area (Å²) in [5.74, 6) is -0.272. The molecule has 1 amide bonds. The van der Waals surface area contributed by atoms with Crippen LogP contribution < -0.4 is 11.1 Å². The van der Waals surface area contributed by atoms with Crippen molar-refractivity contribution in [3.8, 4) is 0 Å². The molecule has 0 fully saturated rings. The lowest BCUT2D eigenvalue weighted by molar-refractivity contribution is 0.102. The van der Waals surface area contributed by atoms with Gasteiger partial charge in [-0.15, -0.1) is 11.3 Å². The molecular formula is C13H20N6OS. The minimum Gasteiger partial charge on any atom is -0.375 e. The van der Waals surface area contributed by atoms with Crippen molar-refractivity contribution in [2.45, 2.75) is 20.4 Å². The SMILES string of the molecule is CCN(CC)CCn1cc(NC(=O)c2csc(N)n2)cn1. The predicted molar refractivity (Wildman–Crippen MR) is 84.5 cm³/mol. The molecule has 0 radical (unpaired) electrons. The third kappa shape index (κ3) is 4.27. The van der Waals surface area contributed by atoms with Gasteiger partial charge in [0.2, 0.25) is 0 Å². The minimum absolute atomic E-state index is 0.272. The summed E-state index contributed by atoms with van der Waals surface area (Å²) in [4.78, 5) is 18.2. The number of thiazole rings is 1. The number of carbonyl (C=O) groups excluding carboxylic acids is 1. The first-order chi connectivity index (χ1) is 10.1. The van der Waals surface area contributed by atoms with E-state index in [9.17, 15) is 4.79 Å². The molecule has 0 bridgehead atoms. The molecule has 114 valence electrons. The molecule has 0 unspecified atom stereocenters. The highest BCUT2D eigenvalue weighted by Gasteiger charge is 2.11. The van der Waals surface area contributed by atoms with Gasteiger partial charge in [-0.3, -0.25) is 9.48 Å². The fourth-order valence-corrected chi connectivity index (χ4v) is 2.46. The Labute approximate surface area is 127 Å². The summed E-state index contributed by atoms with van der Waals surface area (Å²) in [6.45, 7) is 8.04. The van der Waals surface area contributed by atoms with Crippen LogP contribution in [0.5, 0.6) is 0 Å². The molecule has 0 atom stereocenters. The molecule has 0 aromatic carbocycles. The normalized spacial score (nSPS) is 11.0. The molecule has 2 aromatic rings. The third-order valence-electron chi connectivity index (χ3n) is 3.19. The van der Waals surface area contributed by atoms with Crippen LogP contribution in [0.4, 0.5) is 10.8 Å². The lowest BCUT2D eigenvalue weighted by atomic mass is 10.4. The highest BCUT2D eigenvalue weighted by atomic mass is 32.1. The molecule has 0 aliphatic rings. The van der Waals surface area contributed by atoms with Gasteiger partial charge in [0.15, 0.2) is 5.13 Å². The maximum Gasteiger partial charge on any atom is 0.275 e. The van der Waals surface area contributed by atoms with E-state index in [4.69, 9.17) is 5.73 Å². The average molecular weight is 308 g/mol. The van der Waals surface area contributed by atoms with Gasteiger partial charge in [0.1, 0.15) is 5.69 Å². The molecule has 2 heterocycles. The zero-order valence-electron chi connectivity index (χ0n) is 12.2. The Balaban J connectivity index is 1.89. The van der Waals surface area contributed by atoms with Gasteiger partial charge in [0.25, 0.3) is 5.91 Å².